The molecule has 0 radical (unpaired) electrons. The molecule has 0 amide bonds. The Bertz CT molecular complexity index is 309. The second kappa shape index (κ2) is 6.77. The first-order chi connectivity index (χ1) is 7.52. The average molecular weight is 304 g/mol. The monoisotopic (exact) mass is 303 g/mol. The van der Waals surface area contributed by atoms with Crippen LogP contribution in [0.5, 0.6) is 0 Å². The number of halogens is 1. The molecule has 1 nitrogen and oxygen atoms in total. The maximum atomic E-state index is 3.62. The third-order valence-corrected chi connectivity index (χ3v) is 4.76. The Morgan fingerprint density at radius 3 is 2.38 bits per heavy atom. The standard InChI is InChI=1S/C13H22BrNS/c1-9(2)5-15-6-10(3)11(4)12-7-16-8-13(12)14/h7-11,15H,5-6H2,1-4H3. The first-order valence-electron chi connectivity index (χ1n) is 5.94. The molecule has 0 fully saturated rings. The van der Waals surface area contributed by atoms with E-state index in [4.69, 9.17) is 0 Å². The number of hydrogen-bond acceptors (Lipinski definition) is 2. The predicted octanol–water partition coefficient (Wildman–Crippen LogP) is 4.50. The minimum atomic E-state index is 0.611. The van der Waals surface area contributed by atoms with Crippen LogP contribution in [0.2, 0.25) is 0 Å². The topological polar surface area (TPSA) is 12.0 Å². The Morgan fingerprint density at radius 1 is 1.19 bits per heavy atom. The molecular formula is C13H22BrNS. The van der Waals surface area contributed by atoms with Gasteiger partial charge in [-0.25, -0.2) is 0 Å². The molecule has 16 heavy (non-hydrogen) atoms. The van der Waals surface area contributed by atoms with Crippen molar-refractivity contribution < 1.29 is 0 Å². The second-order valence-electron chi connectivity index (χ2n) is 4.99. The minimum absolute atomic E-state index is 0.611. The lowest BCUT2D eigenvalue weighted by Crippen LogP contribution is -2.27. The SMILES string of the molecule is CC(C)CNCC(C)C(C)c1cscc1Br. The highest BCUT2D eigenvalue weighted by Gasteiger charge is 2.17. The van der Waals surface area contributed by atoms with E-state index in [2.05, 4.69) is 59.7 Å². The molecule has 1 aromatic rings. The van der Waals surface area contributed by atoms with Crippen LogP contribution in [0.25, 0.3) is 0 Å². The van der Waals surface area contributed by atoms with E-state index in [1.54, 1.807) is 11.3 Å². The van der Waals surface area contributed by atoms with E-state index in [-0.39, 0.29) is 0 Å². The van der Waals surface area contributed by atoms with Gasteiger partial charge in [-0.15, -0.1) is 0 Å². The molecule has 0 saturated heterocycles. The summed E-state index contributed by atoms with van der Waals surface area (Å²) in [5.41, 5.74) is 1.45. The molecule has 0 aliphatic heterocycles. The van der Waals surface area contributed by atoms with Crippen molar-refractivity contribution in [1.29, 1.82) is 0 Å². The molecule has 0 bridgehead atoms. The van der Waals surface area contributed by atoms with Crippen molar-refractivity contribution in [2.24, 2.45) is 11.8 Å². The Kier molecular flexibility index (Phi) is 6.01. The summed E-state index contributed by atoms with van der Waals surface area (Å²) in [6.07, 6.45) is 0. The van der Waals surface area contributed by atoms with Crippen LogP contribution in [0, 0.1) is 11.8 Å². The first kappa shape index (κ1) is 14.2. The zero-order valence-corrected chi connectivity index (χ0v) is 13.0. The maximum absolute atomic E-state index is 3.62. The Hall–Kier alpha value is 0.140. The van der Waals surface area contributed by atoms with Crippen LogP contribution >= 0.6 is 27.3 Å². The van der Waals surface area contributed by atoms with Crippen LogP contribution in [0.4, 0.5) is 0 Å². The number of hydrogen-bond donors (Lipinski definition) is 1. The number of thiophene rings is 1. The molecule has 92 valence electrons. The van der Waals surface area contributed by atoms with Crippen molar-refractivity contribution in [3.8, 4) is 0 Å². The second-order valence-corrected chi connectivity index (χ2v) is 6.59. The van der Waals surface area contributed by atoms with Gasteiger partial charge >= 0.3 is 0 Å². The smallest absolute Gasteiger partial charge is 0.0317 e. The molecule has 1 heterocycles. The Balaban J connectivity index is 2.42. The molecule has 0 aromatic carbocycles. The molecule has 0 saturated carbocycles. The number of rotatable bonds is 6. The quantitative estimate of drug-likeness (QED) is 0.816. The van der Waals surface area contributed by atoms with Gasteiger partial charge in [-0.3, -0.25) is 0 Å². The van der Waals surface area contributed by atoms with Crippen LogP contribution < -0.4 is 5.32 Å². The van der Waals surface area contributed by atoms with E-state index in [0.29, 0.717) is 11.8 Å². The highest BCUT2D eigenvalue weighted by molar-refractivity contribution is 9.10. The van der Waals surface area contributed by atoms with Crippen LogP contribution in [-0.4, -0.2) is 13.1 Å². The fourth-order valence-electron chi connectivity index (χ4n) is 1.70. The maximum Gasteiger partial charge on any atom is 0.0317 e. The first-order valence-corrected chi connectivity index (χ1v) is 7.68. The van der Waals surface area contributed by atoms with Gasteiger partial charge in [0.2, 0.25) is 0 Å². The van der Waals surface area contributed by atoms with Gasteiger partial charge < -0.3 is 5.32 Å². The molecular weight excluding hydrogens is 282 g/mol. The molecule has 0 spiro atoms. The summed E-state index contributed by atoms with van der Waals surface area (Å²) in [6, 6.07) is 0. The van der Waals surface area contributed by atoms with Crippen molar-refractivity contribution in [3.63, 3.8) is 0 Å². The largest absolute Gasteiger partial charge is 0.316 e. The zero-order valence-electron chi connectivity index (χ0n) is 10.6. The van der Waals surface area contributed by atoms with Gasteiger partial charge in [-0.1, -0.05) is 27.7 Å². The number of nitrogens with one attached hydrogen (secondary N) is 1. The van der Waals surface area contributed by atoms with Crippen molar-refractivity contribution >= 4 is 27.3 Å². The van der Waals surface area contributed by atoms with E-state index < -0.39 is 0 Å². The van der Waals surface area contributed by atoms with Gasteiger partial charge in [0.05, 0.1) is 0 Å². The van der Waals surface area contributed by atoms with Gasteiger partial charge in [0.25, 0.3) is 0 Å². The van der Waals surface area contributed by atoms with E-state index >= 15 is 0 Å². The normalized spacial score (nSPS) is 15.4. The molecule has 0 aliphatic rings. The molecule has 2 unspecified atom stereocenters. The van der Waals surface area contributed by atoms with E-state index in [0.717, 1.165) is 19.0 Å². The summed E-state index contributed by atoms with van der Waals surface area (Å²) >= 11 is 5.39. The lowest BCUT2D eigenvalue weighted by molar-refractivity contribution is 0.428. The van der Waals surface area contributed by atoms with Gasteiger partial charge in [-0.2, -0.15) is 11.3 Å². The molecule has 1 rings (SSSR count). The minimum Gasteiger partial charge on any atom is -0.316 e. The molecule has 2 atom stereocenters. The van der Waals surface area contributed by atoms with E-state index in [1.807, 2.05) is 0 Å². The zero-order chi connectivity index (χ0) is 12.1. The summed E-state index contributed by atoms with van der Waals surface area (Å²) in [4.78, 5) is 0. The molecule has 1 N–H and O–H groups in total. The molecule has 0 aliphatic carbocycles. The average Bonchev–Trinajstić information content (AvgIpc) is 2.62. The molecule has 3 heteroatoms. The van der Waals surface area contributed by atoms with Crippen LogP contribution in [0.1, 0.15) is 39.2 Å². The van der Waals surface area contributed by atoms with Crippen LogP contribution in [0.3, 0.4) is 0 Å². The lowest BCUT2D eigenvalue weighted by atomic mass is 9.90. The predicted molar refractivity (Wildman–Crippen MR) is 77.3 cm³/mol. The van der Waals surface area contributed by atoms with Gasteiger partial charge in [-0.05, 0) is 57.7 Å². The Morgan fingerprint density at radius 2 is 1.88 bits per heavy atom. The van der Waals surface area contributed by atoms with Crippen molar-refractivity contribution in [2.45, 2.75) is 33.6 Å². The summed E-state index contributed by atoms with van der Waals surface area (Å²) < 4.78 is 1.26. The molecule has 1 aromatic heterocycles. The summed E-state index contributed by atoms with van der Waals surface area (Å²) in [7, 11) is 0. The van der Waals surface area contributed by atoms with Crippen molar-refractivity contribution in [2.75, 3.05) is 13.1 Å². The fraction of sp³-hybridized carbons (Fsp3) is 0.692. The van der Waals surface area contributed by atoms with E-state index in [9.17, 15) is 0 Å². The van der Waals surface area contributed by atoms with Gasteiger partial charge in [0.15, 0.2) is 0 Å². The summed E-state index contributed by atoms with van der Waals surface area (Å²) in [6.45, 7) is 11.3. The highest BCUT2D eigenvalue weighted by atomic mass is 79.9. The van der Waals surface area contributed by atoms with Crippen molar-refractivity contribution in [3.05, 3.63) is 20.8 Å². The summed E-state index contributed by atoms with van der Waals surface area (Å²) in [5, 5.41) is 7.96. The van der Waals surface area contributed by atoms with Crippen molar-refractivity contribution in [1.82, 2.24) is 5.32 Å². The fourth-order valence-corrected chi connectivity index (χ4v) is 3.46. The van der Waals surface area contributed by atoms with Gasteiger partial charge in [0.1, 0.15) is 0 Å². The third-order valence-electron chi connectivity index (χ3n) is 3.01. The van der Waals surface area contributed by atoms with Gasteiger partial charge in [0, 0.05) is 9.85 Å². The van der Waals surface area contributed by atoms with E-state index in [1.165, 1.54) is 10.0 Å². The third kappa shape index (κ3) is 4.19. The summed E-state index contributed by atoms with van der Waals surface area (Å²) in [5.74, 6) is 2.01. The Labute approximate surface area is 112 Å². The lowest BCUT2D eigenvalue weighted by Gasteiger charge is -2.21. The highest BCUT2D eigenvalue weighted by Crippen LogP contribution is 2.32. The van der Waals surface area contributed by atoms with Crippen LogP contribution in [-0.2, 0) is 0 Å². The van der Waals surface area contributed by atoms with Crippen LogP contribution in [0.15, 0.2) is 15.2 Å².